The lowest BCUT2D eigenvalue weighted by atomic mass is 9.79. The van der Waals surface area contributed by atoms with Crippen LogP contribution in [-0.2, 0) is 4.79 Å². The summed E-state index contributed by atoms with van der Waals surface area (Å²) in [5.74, 6) is 0.933. The van der Waals surface area contributed by atoms with Crippen LogP contribution in [0.25, 0.3) is 0 Å². The Morgan fingerprint density at radius 1 is 1.26 bits per heavy atom. The molecule has 0 aromatic heterocycles. The van der Waals surface area contributed by atoms with Crippen LogP contribution in [0.15, 0.2) is 0 Å². The van der Waals surface area contributed by atoms with Gasteiger partial charge < -0.3 is 15.5 Å². The van der Waals surface area contributed by atoms with Gasteiger partial charge in [0.15, 0.2) is 0 Å². The van der Waals surface area contributed by atoms with E-state index in [0.717, 1.165) is 12.5 Å². The molecular formula is C15H29N3O. The second-order valence-electron chi connectivity index (χ2n) is 6.05. The van der Waals surface area contributed by atoms with E-state index in [1.807, 2.05) is 14.0 Å². The van der Waals surface area contributed by atoms with E-state index >= 15 is 0 Å². The number of nitrogens with zero attached hydrogens (tertiary/aromatic N) is 1. The first kappa shape index (κ1) is 14.8. The van der Waals surface area contributed by atoms with Gasteiger partial charge in [0, 0.05) is 25.7 Å². The van der Waals surface area contributed by atoms with Crippen LogP contribution in [0.5, 0.6) is 0 Å². The Kier molecular flexibility index (Phi) is 5.64. The third kappa shape index (κ3) is 3.93. The molecule has 2 fully saturated rings. The predicted octanol–water partition coefficient (Wildman–Crippen LogP) is 1.37. The van der Waals surface area contributed by atoms with Crippen molar-refractivity contribution in [1.82, 2.24) is 15.5 Å². The van der Waals surface area contributed by atoms with Gasteiger partial charge in [-0.3, -0.25) is 4.79 Å². The lowest BCUT2D eigenvalue weighted by molar-refractivity contribution is -0.129. The van der Waals surface area contributed by atoms with Gasteiger partial charge in [-0.2, -0.15) is 0 Å². The summed E-state index contributed by atoms with van der Waals surface area (Å²) in [6, 6.07) is 1.20. The molecule has 2 rings (SSSR count). The summed E-state index contributed by atoms with van der Waals surface area (Å²) < 4.78 is 0. The molecule has 0 bridgehead atoms. The molecule has 1 saturated carbocycles. The number of rotatable bonds is 5. The largest absolute Gasteiger partial charge is 0.345 e. The first-order chi connectivity index (χ1) is 9.22. The molecule has 4 nitrogen and oxygen atoms in total. The molecule has 3 unspecified atom stereocenters. The minimum absolute atomic E-state index is 0.214. The summed E-state index contributed by atoms with van der Waals surface area (Å²) in [5, 5.41) is 7.17. The summed E-state index contributed by atoms with van der Waals surface area (Å²) in [6.07, 6.45) is 7.82. The number of carbonyl (C=O) groups excluding carboxylic acids is 1. The predicted molar refractivity (Wildman–Crippen MR) is 78.1 cm³/mol. The van der Waals surface area contributed by atoms with Crippen LogP contribution >= 0.6 is 0 Å². The Morgan fingerprint density at radius 3 is 2.74 bits per heavy atom. The average molecular weight is 267 g/mol. The molecule has 110 valence electrons. The Morgan fingerprint density at radius 2 is 2.05 bits per heavy atom. The summed E-state index contributed by atoms with van der Waals surface area (Å²) in [4.78, 5) is 13.7. The van der Waals surface area contributed by atoms with Crippen molar-refractivity contribution in [2.24, 2.45) is 5.92 Å². The van der Waals surface area contributed by atoms with E-state index in [4.69, 9.17) is 0 Å². The smallest absolute Gasteiger partial charge is 0.236 e. The van der Waals surface area contributed by atoms with Crippen LogP contribution in [0, 0.1) is 5.92 Å². The van der Waals surface area contributed by atoms with Gasteiger partial charge in [-0.1, -0.05) is 12.8 Å². The zero-order valence-electron chi connectivity index (χ0n) is 12.5. The number of nitrogens with one attached hydrogen (secondary N) is 2. The number of amides is 1. The van der Waals surface area contributed by atoms with Gasteiger partial charge in [-0.15, -0.1) is 0 Å². The van der Waals surface area contributed by atoms with Crippen LogP contribution in [0.1, 0.15) is 45.4 Å². The third-order valence-electron chi connectivity index (χ3n) is 4.85. The Bertz CT molecular complexity index is 289. The van der Waals surface area contributed by atoms with Gasteiger partial charge in [0.25, 0.3) is 0 Å². The minimum atomic E-state index is 0.214. The van der Waals surface area contributed by atoms with E-state index in [9.17, 15) is 4.79 Å². The molecule has 3 atom stereocenters. The highest BCUT2D eigenvalue weighted by atomic mass is 16.2. The van der Waals surface area contributed by atoms with Crippen molar-refractivity contribution in [1.29, 1.82) is 0 Å². The zero-order valence-corrected chi connectivity index (χ0v) is 12.5. The van der Waals surface area contributed by atoms with Gasteiger partial charge in [0.05, 0.1) is 6.54 Å². The maximum Gasteiger partial charge on any atom is 0.236 e. The normalized spacial score (nSPS) is 31.4. The van der Waals surface area contributed by atoms with E-state index in [-0.39, 0.29) is 5.91 Å². The Labute approximate surface area is 117 Å². The topological polar surface area (TPSA) is 44.4 Å². The highest BCUT2D eigenvalue weighted by Crippen LogP contribution is 2.30. The van der Waals surface area contributed by atoms with Crippen LogP contribution < -0.4 is 10.6 Å². The van der Waals surface area contributed by atoms with E-state index in [1.54, 1.807) is 4.90 Å². The molecule has 0 spiro atoms. The molecular weight excluding hydrogens is 238 g/mol. The van der Waals surface area contributed by atoms with Crippen LogP contribution in [0.4, 0.5) is 0 Å². The van der Waals surface area contributed by atoms with Crippen molar-refractivity contribution in [3.63, 3.8) is 0 Å². The third-order valence-corrected chi connectivity index (χ3v) is 4.85. The number of hydrogen-bond donors (Lipinski definition) is 2. The zero-order chi connectivity index (χ0) is 13.7. The summed E-state index contributed by atoms with van der Waals surface area (Å²) in [7, 11) is 1.88. The maximum atomic E-state index is 11.9. The van der Waals surface area contributed by atoms with Crippen LogP contribution in [0.2, 0.25) is 0 Å². The molecule has 1 aliphatic carbocycles. The lowest BCUT2D eigenvalue weighted by Crippen LogP contribution is -2.49. The van der Waals surface area contributed by atoms with Crippen molar-refractivity contribution >= 4 is 5.91 Å². The maximum absolute atomic E-state index is 11.9. The average Bonchev–Trinajstić information content (AvgIpc) is 2.98. The van der Waals surface area contributed by atoms with Crippen LogP contribution in [-0.4, -0.2) is 49.6 Å². The van der Waals surface area contributed by atoms with Gasteiger partial charge >= 0.3 is 0 Å². The number of likely N-dealkylation sites (N-methyl/N-ethyl adjacent to an activating group) is 1. The summed E-state index contributed by atoms with van der Waals surface area (Å²) in [6.45, 7) is 4.48. The van der Waals surface area contributed by atoms with Crippen molar-refractivity contribution in [2.45, 2.75) is 57.5 Å². The molecule has 0 aromatic rings. The number of hydrogen-bond acceptors (Lipinski definition) is 3. The highest BCUT2D eigenvalue weighted by Gasteiger charge is 2.33. The molecule has 0 aromatic carbocycles. The highest BCUT2D eigenvalue weighted by molar-refractivity contribution is 5.77. The van der Waals surface area contributed by atoms with Crippen molar-refractivity contribution < 1.29 is 4.79 Å². The molecule has 1 heterocycles. The van der Waals surface area contributed by atoms with E-state index in [1.165, 1.54) is 45.1 Å². The number of carbonyl (C=O) groups is 1. The first-order valence-electron chi connectivity index (χ1n) is 7.93. The fourth-order valence-electron chi connectivity index (χ4n) is 3.50. The molecule has 0 radical (unpaired) electrons. The lowest BCUT2D eigenvalue weighted by Gasteiger charge is -2.36. The second kappa shape index (κ2) is 7.25. The summed E-state index contributed by atoms with van der Waals surface area (Å²) >= 11 is 0. The molecule has 1 saturated heterocycles. The fourth-order valence-corrected chi connectivity index (χ4v) is 3.50. The van der Waals surface area contributed by atoms with Crippen molar-refractivity contribution in [2.75, 3.05) is 26.7 Å². The second-order valence-corrected chi connectivity index (χ2v) is 6.05. The van der Waals surface area contributed by atoms with Gasteiger partial charge in [-0.25, -0.2) is 0 Å². The van der Waals surface area contributed by atoms with Gasteiger partial charge in [-0.05, 0) is 45.1 Å². The fraction of sp³-hybridized carbons (Fsp3) is 0.933. The van der Waals surface area contributed by atoms with Gasteiger partial charge in [0.1, 0.15) is 0 Å². The first-order valence-corrected chi connectivity index (χ1v) is 7.93. The van der Waals surface area contributed by atoms with Crippen LogP contribution in [0.3, 0.4) is 0 Å². The molecule has 19 heavy (non-hydrogen) atoms. The molecule has 4 heteroatoms. The molecule has 1 amide bonds. The van der Waals surface area contributed by atoms with Crippen molar-refractivity contribution in [3.05, 3.63) is 0 Å². The SMILES string of the molecule is CCN(C)C(=O)CNC1CCCCC1C1CCCN1. The molecule has 2 aliphatic rings. The van der Waals surface area contributed by atoms with Gasteiger partial charge in [0.2, 0.25) is 5.91 Å². The molecule has 2 N–H and O–H groups in total. The van der Waals surface area contributed by atoms with E-state index in [0.29, 0.717) is 18.6 Å². The quantitative estimate of drug-likeness (QED) is 0.790. The standard InChI is InChI=1S/C15H29N3O/c1-3-18(2)15(19)11-17-14-8-5-4-7-12(14)13-9-6-10-16-13/h12-14,16-17H,3-11H2,1-2H3. The van der Waals surface area contributed by atoms with E-state index in [2.05, 4.69) is 10.6 Å². The molecule has 1 aliphatic heterocycles. The monoisotopic (exact) mass is 267 g/mol. The van der Waals surface area contributed by atoms with E-state index < -0.39 is 0 Å². The minimum Gasteiger partial charge on any atom is -0.345 e. The Hall–Kier alpha value is -0.610. The Balaban J connectivity index is 1.83. The summed E-state index contributed by atoms with van der Waals surface area (Å²) in [5.41, 5.74) is 0. The van der Waals surface area contributed by atoms with Crippen molar-refractivity contribution in [3.8, 4) is 0 Å².